The molecule has 0 N–H and O–H groups in total. The van der Waals surface area contributed by atoms with E-state index in [1.165, 1.54) is 44.2 Å². The molecule has 2 bridgehead atoms. The van der Waals surface area contributed by atoms with E-state index in [0.29, 0.717) is 6.61 Å². The first-order valence-corrected chi connectivity index (χ1v) is 12.9. The molecule has 1 saturated heterocycles. The number of rotatable bonds is 3. The van der Waals surface area contributed by atoms with Gasteiger partial charge in [0.25, 0.3) is 0 Å². The van der Waals surface area contributed by atoms with Crippen molar-refractivity contribution in [1.29, 1.82) is 0 Å². The second kappa shape index (κ2) is 8.63. The molecule has 1 amide bonds. The Morgan fingerprint density at radius 1 is 0.889 bits per heavy atom. The van der Waals surface area contributed by atoms with E-state index in [-0.39, 0.29) is 24.1 Å². The summed E-state index contributed by atoms with van der Waals surface area (Å²) in [5.41, 5.74) is 7.56. The van der Waals surface area contributed by atoms with Gasteiger partial charge in [0.1, 0.15) is 6.61 Å². The molecule has 0 saturated carbocycles. The number of hydrogen-bond acceptors (Lipinski definition) is 3. The highest BCUT2D eigenvalue weighted by Gasteiger charge is 2.39. The van der Waals surface area contributed by atoms with Crippen molar-refractivity contribution in [3.05, 3.63) is 108 Å². The molecular weight excluding hydrogens is 444 g/mol. The van der Waals surface area contributed by atoms with Gasteiger partial charge in [-0.25, -0.2) is 4.79 Å². The van der Waals surface area contributed by atoms with E-state index >= 15 is 0 Å². The lowest BCUT2D eigenvalue weighted by molar-refractivity contribution is 0.0539. The summed E-state index contributed by atoms with van der Waals surface area (Å²) in [5, 5.41) is 2.38. The first kappa shape index (κ1) is 21.4. The number of benzene rings is 3. The highest BCUT2D eigenvalue weighted by atomic mass is 16.6. The van der Waals surface area contributed by atoms with Crippen molar-refractivity contribution in [3.8, 4) is 11.1 Å². The topological polar surface area (TPSA) is 42.4 Å². The van der Waals surface area contributed by atoms with Crippen LogP contribution in [0.2, 0.25) is 0 Å². The van der Waals surface area contributed by atoms with Gasteiger partial charge in [-0.05, 0) is 70.5 Å². The van der Waals surface area contributed by atoms with Crippen molar-refractivity contribution in [1.82, 2.24) is 9.88 Å². The molecule has 7 rings (SSSR count). The van der Waals surface area contributed by atoms with Crippen LogP contribution in [-0.2, 0) is 4.74 Å². The van der Waals surface area contributed by atoms with Gasteiger partial charge in [-0.15, -0.1) is 0 Å². The quantitative estimate of drug-likeness (QED) is 0.317. The summed E-state index contributed by atoms with van der Waals surface area (Å²) in [6.07, 6.45) is 9.92. The van der Waals surface area contributed by atoms with Crippen LogP contribution in [0.5, 0.6) is 0 Å². The van der Waals surface area contributed by atoms with Crippen molar-refractivity contribution in [2.24, 2.45) is 0 Å². The number of carbonyl (C=O) groups is 1. The molecule has 0 spiro atoms. The Kier molecular flexibility index (Phi) is 5.12. The molecule has 178 valence electrons. The third-order valence-electron chi connectivity index (χ3n) is 8.21. The largest absolute Gasteiger partial charge is 0.448 e. The Labute approximate surface area is 211 Å². The zero-order chi connectivity index (χ0) is 24.1. The van der Waals surface area contributed by atoms with Crippen molar-refractivity contribution in [2.45, 2.75) is 43.7 Å². The first-order chi connectivity index (χ1) is 17.8. The molecule has 3 aliphatic rings. The zero-order valence-corrected chi connectivity index (χ0v) is 20.1. The van der Waals surface area contributed by atoms with Crippen LogP contribution in [0.15, 0.2) is 91.3 Å². The number of ether oxygens (including phenoxy) is 1. The van der Waals surface area contributed by atoms with Crippen LogP contribution in [0.3, 0.4) is 0 Å². The van der Waals surface area contributed by atoms with Crippen molar-refractivity contribution >= 4 is 22.4 Å². The molecule has 1 aromatic heterocycles. The summed E-state index contributed by atoms with van der Waals surface area (Å²) >= 11 is 0. The fourth-order valence-corrected chi connectivity index (χ4v) is 6.58. The summed E-state index contributed by atoms with van der Waals surface area (Å²) in [7, 11) is 0. The Hall–Kier alpha value is -3.92. The molecule has 4 aromatic rings. The summed E-state index contributed by atoms with van der Waals surface area (Å²) in [5.74, 6) is 0.0836. The van der Waals surface area contributed by atoms with Crippen molar-refractivity contribution in [3.63, 3.8) is 0 Å². The van der Waals surface area contributed by atoms with Gasteiger partial charge in [0, 0.05) is 29.7 Å². The van der Waals surface area contributed by atoms with Gasteiger partial charge in [0.05, 0.1) is 6.04 Å². The number of carbonyl (C=O) groups excluding carboxylic acids is 1. The highest BCUT2D eigenvalue weighted by Crippen LogP contribution is 2.45. The van der Waals surface area contributed by atoms with Gasteiger partial charge in [-0.3, -0.25) is 9.88 Å². The van der Waals surface area contributed by atoms with Gasteiger partial charge < -0.3 is 4.74 Å². The average Bonchev–Trinajstić information content (AvgIpc) is 3.24. The summed E-state index contributed by atoms with van der Waals surface area (Å²) in [6.45, 7) is 0.369. The van der Waals surface area contributed by atoms with Gasteiger partial charge in [-0.1, -0.05) is 72.8 Å². The summed E-state index contributed by atoms with van der Waals surface area (Å²) in [6, 6.07) is 25.7. The zero-order valence-electron chi connectivity index (χ0n) is 20.1. The lowest BCUT2D eigenvalue weighted by Crippen LogP contribution is -2.51. The van der Waals surface area contributed by atoms with E-state index in [2.05, 4.69) is 83.9 Å². The predicted octanol–water partition coefficient (Wildman–Crippen LogP) is 7.19. The minimum Gasteiger partial charge on any atom is -0.448 e. The fourth-order valence-electron chi connectivity index (χ4n) is 6.58. The fraction of sp³-hybridized carbons (Fsp3) is 0.250. The molecule has 2 atom stereocenters. The van der Waals surface area contributed by atoms with Crippen molar-refractivity contribution < 1.29 is 9.53 Å². The Morgan fingerprint density at radius 2 is 1.64 bits per heavy atom. The van der Waals surface area contributed by atoms with E-state index < -0.39 is 0 Å². The Bertz CT molecular complexity index is 1460. The maximum Gasteiger partial charge on any atom is 0.410 e. The monoisotopic (exact) mass is 472 g/mol. The summed E-state index contributed by atoms with van der Waals surface area (Å²) in [4.78, 5) is 19.9. The van der Waals surface area contributed by atoms with E-state index in [1.807, 2.05) is 17.3 Å². The second-order valence-electron chi connectivity index (χ2n) is 10.2. The lowest BCUT2D eigenvalue weighted by atomic mass is 9.82. The Morgan fingerprint density at radius 3 is 2.42 bits per heavy atom. The van der Waals surface area contributed by atoms with Crippen LogP contribution >= 0.6 is 0 Å². The summed E-state index contributed by atoms with van der Waals surface area (Å²) < 4.78 is 6.07. The van der Waals surface area contributed by atoms with Gasteiger partial charge >= 0.3 is 6.09 Å². The SMILES string of the molecule is O=C(OCC1c2ccccc2-c2ccccc21)N1C2C=C(c3cccc4ccncc34)CC1CCC2. The number of nitrogens with zero attached hydrogens (tertiary/aromatic N) is 2. The lowest BCUT2D eigenvalue weighted by Gasteiger charge is -2.44. The van der Waals surface area contributed by atoms with Crippen molar-refractivity contribution in [2.75, 3.05) is 6.61 Å². The van der Waals surface area contributed by atoms with Crippen LogP contribution in [0.4, 0.5) is 4.79 Å². The van der Waals surface area contributed by atoms with E-state index in [9.17, 15) is 4.79 Å². The number of fused-ring (bicyclic) bond motifs is 6. The molecular formula is C32H28N2O2. The number of aromatic nitrogens is 1. The van der Waals surface area contributed by atoms with E-state index in [4.69, 9.17) is 4.74 Å². The second-order valence-corrected chi connectivity index (χ2v) is 10.2. The van der Waals surface area contributed by atoms with Gasteiger partial charge in [-0.2, -0.15) is 0 Å². The predicted molar refractivity (Wildman–Crippen MR) is 143 cm³/mol. The van der Waals surface area contributed by atoms with E-state index in [1.54, 1.807) is 0 Å². The van der Waals surface area contributed by atoms with Crippen LogP contribution in [0.25, 0.3) is 27.5 Å². The number of piperidine rings is 1. The maximum atomic E-state index is 13.5. The molecule has 4 nitrogen and oxygen atoms in total. The first-order valence-electron chi connectivity index (χ1n) is 12.9. The van der Waals surface area contributed by atoms with Crippen LogP contribution < -0.4 is 0 Å². The van der Waals surface area contributed by atoms with E-state index in [0.717, 1.165) is 25.7 Å². The molecule has 3 heterocycles. The van der Waals surface area contributed by atoms with Gasteiger partial charge in [0.15, 0.2) is 0 Å². The van der Waals surface area contributed by atoms with Crippen LogP contribution in [0.1, 0.15) is 48.3 Å². The Balaban J connectivity index is 1.14. The smallest absolute Gasteiger partial charge is 0.410 e. The number of pyridine rings is 1. The molecule has 4 heteroatoms. The van der Waals surface area contributed by atoms with Crippen LogP contribution in [0, 0.1) is 0 Å². The molecule has 3 aromatic carbocycles. The molecule has 0 radical (unpaired) electrons. The average molecular weight is 473 g/mol. The maximum absolute atomic E-state index is 13.5. The molecule has 36 heavy (non-hydrogen) atoms. The molecule has 1 aliphatic carbocycles. The third-order valence-corrected chi connectivity index (χ3v) is 8.21. The standard InChI is InChI=1S/C32H28N2O2/c35-32(36-20-31-28-12-3-1-10-26(28)27-11-2-4-13-29(27)31)34-23-8-6-9-24(34)18-22(17-23)25-14-5-7-21-15-16-33-19-30(21)25/h1-5,7,10-17,19,23-24,31H,6,8-9,18,20H2. The van der Waals surface area contributed by atoms with Gasteiger partial charge in [0.2, 0.25) is 0 Å². The number of hydrogen-bond donors (Lipinski definition) is 0. The normalized spacial score (nSPS) is 20.6. The number of amides is 1. The molecule has 2 aliphatic heterocycles. The minimum absolute atomic E-state index is 0.0788. The molecule has 1 fully saturated rings. The highest BCUT2D eigenvalue weighted by molar-refractivity contribution is 5.94. The minimum atomic E-state index is -0.179. The van der Waals surface area contributed by atoms with Crippen LogP contribution in [-0.4, -0.2) is 34.7 Å². The third kappa shape index (κ3) is 3.43. The molecule has 2 unspecified atom stereocenters.